The SMILES string of the molecule is CC(C)CN(Cc1ccc(S(C)(=O)=O)cc1Cl)C1CCNCC1.O=C(O)C(O)C(O)C(=O)O. The van der Waals surface area contributed by atoms with Crippen molar-refractivity contribution in [1.29, 1.82) is 0 Å². The Bertz CT molecular complexity index is 886. The van der Waals surface area contributed by atoms with Gasteiger partial charge in [0, 0.05) is 30.4 Å². The molecule has 1 heterocycles. The number of rotatable bonds is 9. The molecule has 1 aliphatic heterocycles. The molecule has 5 N–H and O–H groups in total. The molecule has 10 nitrogen and oxygen atoms in total. The first-order valence-electron chi connectivity index (χ1n) is 10.5. The van der Waals surface area contributed by atoms with E-state index in [1.165, 1.54) is 6.26 Å². The number of benzene rings is 1. The second-order valence-electron chi connectivity index (χ2n) is 8.40. The lowest BCUT2D eigenvalue weighted by Gasteiger charge is -2.36. The predicted molar refractivity (Wildman–Crippen MR) is 123 cm³/mol. The quantitative estimate of drug-likeness (QED) is 0.322. The first-order chi connectivity index (χ1) is 15.2. The molecule has 1 aromatic rings. The minimum Gasteiger partial charge on any atom is -0.479 e. The highest BCUT2D eigenvalue weighted by atomic mass is 35.5. The molecule has 0 amide bonds. The normalized spacial score (nSPS) is 16.7. The number of nitrogens with zero attached hydrogens (tertiary/aromatic N) is 1. The van der Waals surface area contributed by atoms with Gasteiger partial charge >= 0.3 is 11.9 Å². The summed E-state index contributed by atoms with van der Waals surface area (Å²) in [6.45, 7) is 8.35. The Labute approximate surface area is 199 Å². The van der Waals surface area contributed by atoms with Crippen LogP contribution in [-0.2, 0) is 26.0 Å². The second-order valence-corrected chi connectivity index (χ2v) is 10.8. The third-order valence-electron chi connectivity index (χ3n) is 5.06. The van der Waals surface area contributed by atoms with Crippen LogP contribution in [0.25, 0.3) is 0 Å². The van der Waals surface area contributed by atoms with E-state index in [-0.39, 0.29) is 4.90 Å². The minimum atomic E-state index is -3.22. The summed E-state index contributed by atoms with van der Waals surface area (Å²) < 4.78 is 23.3. The van der Waals surface area contributed by atoms with Crippen LogP contribution in [0.1, 0.15) is 32.3 Å². The van der Waals surface area contributed by atoms with Gasteiger partial charge in [-0.05, 0) is 49.5 Å². The fourth-order valence-corrected chi connectivity index (χ4v) is 4.31. The van der Waals surface area contributed by atoms with Crippen molar-refractivity contribution in [3.05, 3.63) is 28.8 Å². The summed E-state index contributed by atoms with van der Waals surface area (Å²) >= 11 is 6.35. The summed E-state index contributed by atoms with van der Waals surface area (Å²) in [5.41, 5.74) is 0.998. The third-order valence-corrected chi connectivity index (χ3v) is 6.52. The monoisotopic (exact) mass is 508 g/mol. The molecule has 0 aliphatic carbocycles. The Morgan fingerprint density at radius 1 is 1.12 bits per heavy atom. The number of nitrogens with one attached hydrogen (secondary N) is 1. The number of hydrogen-bond donors (Lipinski definition) is 5. The topological polar surface area (TPSA) is 164 Å². The summed E-state index contributed by atoms with van der Waals surface area (Å²) in [5.74, 6) is -2.95. The highest BCUT2D eigenvalue weighted by Gasteiger charge is 2.29. The van der Waals surface area contributed by atoms with Gasteiger partial charge in [0.2, 0.25) is 0 Å². The third kappa shape index (κ3) is 9.95. The molecule has 0 radical (unpaired) electrons. The van der Waals surface area contributed by atoms with Gasteiger partial charge in [0.05, 0.1) is 4.90 Å². The zero-order valence-corrected chi connectivity index (χ0v) is 20.5. The number of piperidine rings is 1. The van der Waals surface area contributed by atoms with E-state index in [2.05, 4.69) is 24.1 Å². The maximum absolute atomic E-state index is 11.6. The van der Waals surface area contributed by atoms with Crippen molar-refractivity contribution in [2.45, 2.75) is 56.4 Å². The van der Waals surface area contributed by atoms with E-state index in [4.69, 9.17) is 32.0 Å². The van der Waals surface area contributed by atoms with Crippen LogP contribution in [0.2, 0.25) is 5.02 Å². The molecule has 2 unspecified atom stereocenters. The summed E-state index contributed by atoms with van der Waals surface area (Å²) in [6.07, 6.45) is -1.04. The molecule has 33 heavy (non-hydrogen) atoms. The molecular formula is C21H33ClN2O8S. The molecule has 2 atom stereocenters. The van der Waals surface area contributed by atoms with Gasteiger partial charge in [0.25, 0.3) is 0 Å². The smallest absolute Gasteiger partial charge is 0.335 e. The Morgan fingerprint density at radius 3 is 2.03 bits per heavy atom. The lowest BCUT2D eigenvalue weighted by molar-refractivity contribution is -0.165. The van der Waals surface area contributed by atoms with Gasteiger partial charge in [0.1, 0.15) is 0 Å². The molecule has 0 saturated carbocycles. The number of aliphatic hydroxyl groups is 2. The fraction of sp³-hybridized carbons (Fsp3) is 0.619. The van der Waals surface area contributed by atoms with Gasteiger partial charge in [0.15, 0.2) is 22.0 Å². The summed E-state index contributed by atoms with van der Waals surface area (Å²) in [5, 5.41) is 36.5. The minimum absolute atomic E-state index is 0.281. The van der Waals surface area contributed by atoms with Crippen molar-refractivity contribution >= 4 is 33.4 Å². The van der Waals surface area contributed by atoms with Crippen LogP contribution in [-0.4, -0.2) is 89.8 Å². The Morgan fingerprint density at radius 2 is 1.64 bits per heavy atom. The summed E-state index contributed by atoms with van der Waals surface area (Å²) in [4.78, 5) is 22.3. The van der Waals surface area contributed by atoms with Crippen molar-refractivity contribution in [2.24, 2.45) is 5.92 Å². The van der Waals surface area contributed by atoms with Gasteiger partial charge in [-0.1, -0.05) is 31.5 Å². The molecule has 1 fully saturated rings. The Balaban J connectivity index is 0.000000461. The summed E-state index contributed by atoms with van der Waals surface area (Å²) in [6, 6.07) is 5.64. The van der Waals surface area contributed by atoms with Gasteiger partial charge in [-0.25, -0.2) is 18.0 Å². The number of aliphatic carboxylic acids is 2. The molecular weight excluding hydrogens is 476 g/mol. The molecule has 12 heteroatoms. The van der Waals surface area contributed by atoms with Crippen LogP contribution in [0.15, 0.2) is 23.1 Å². The Kier molecular flexibility index (Phi) is 11.7. The second kappa shape index (κ2) is 13.2. The standard InChI is InChI=1S/C17H27ClN2O2S.C4H6O6/c1-13(2)11-20(15-6-8-19-9-7-15)12-14-4-5-16(10-17(14)18)23(3,21)22;5-1(3(7)8)2(6)4(9)10/h4-5,10,13,15,19H,6-9,11-12H2,1-3H3;1-2,5-6H,(H,7,8)(H,9,10). The van der Waals surface area contributed by atoms with E-state index in [1.807, 2.05) is 6.07 Å². The fourth-order valence-electron chi connectivity index (χ4n) is 3.36. The zero-order chi connectivity index (χ0) is 25.3. The number of sulfone groups is 1. The maximum Gasteiger partial charge on any atom is 0.335 e. The van der Waals surface area contributed by atoms with Crippen molar-refractivity contribution in [3.63, 3.8) is 0 Å². The molecule has 1 aliphatic rings. The molecule has 0 bridgehead atoms. The van der Waals surface area contributed by atoms with Crippen molar-refractivity contribution in [1.82, 2.24) is 10.2 Å². The first kappa shape index (κ1) is 29.3. The molecule has 0 aromatic heterocycles. The van der Waals surface area contributed by atoms with Crippen molar-refractivity contribution in [2.75, 3.05) is 25.9 Å². The van der Waals surface area contributed by atoms with Gasteiger partial charge < -0.3 is 25.7 Å². The van der Waals surface area contributed by atoms with E-state index in [0.717, 1.165) is 44.6 Å². The predicted octanol–water partition coefficient (Wildman–Crippen LogP) is 0.831. The molecule has 1 aromatic carbocycles. The highest BCUT2D eigenvalue weighted by molar-refractivity contribution is 7.90. The van der Waals surface area contributed by atoms with Gasteiger partial charge in [-0.2, -0.15) is 0 Å². The lowest BCUT2D eigenvalue weighted by Crippen LogP contribution is -2.44. The van der Waals surface area contributed by atoms with E-state index < -0.39 is 34.0 Å². The number of carboxylic acids is 2. The largest absolute Gasteiger partial charge is 0.479 e. The van der Waals surface area contributed by atoms with Gasteiger partial charge in [-0.15, -0.1) is 0 Å². The zero-order valence-electron chi connectivity index (χ0n) is 18.9. The summed E-state index contributed by atoms with van der Waals surface area (Å²) in [7, 11) is -3.22. The number of halogens is 1. The molecule has 0 spiro atoms. The van der Waals surface area contributed by atoms with Crippen molar-refractivity contribution < 1.29 is 38.4 Å². The molecule has 2 rings (SSSR count). The van der Waals surface area contributed by atoms with Crippen molar-refractivity contribution in [3.8, 4) is 0 Å². The van der Waals surface area contributed by atoms with E-state index in [9.17, 15) is 18.0 Å². The first-order valence-corrected chi connectivity index (χ1v) is 12.8. The Hall–Kier alpha value is -1.76. The number of hydrogen-bond acceptors (Lipinski definition) is 8. The number of carboxylic acid groups (broad SMARTS) is 2. The number of carbonyl (C=O) groups is 2. The maximum atomic E-state index is 11.6. The van der Waals surface area contributed by atoms with E-state index >= 15 is 0 Å². The average Bonchev–Trinajstić information content (AvgIpc) is 2.73. The van der Waals surface area contributed by atoms with Gasteiger partial charge in [-0.3, -0.25) is 4.90 Å². The van der Waals surface area contributed by atoms with E-state index in [1.54, 1.807) is 12.1 Å². The average molecular weight is 509 g/mol. The lowest BCUT2D eigenvalue weighted by atomic mass is 10.0. The molecule has 1 saturated heterocycles. The van der Waals surface area contributed by atoms with Crippen LogP contribution >= 0.6 is 11.6 Å². The van der Waals surface area contributed by atoms with Crippen LogP contribution < -0.4 is 5.32 Å². The highest BCUT2D eigenvalue weighted by Crippen LogP contribution is 2.25. The number of aliphatic hydroxyl groups excluding tert-OH is 2. The van der Waals surface area contributed by atoms with Crippen LogP contribution in [0.3, 0.4) is 0 Å². The molecule has 188 valence electrons. The van der Waals surface area contributed by atoms with Crippen LogP contribution in [0.4, 0.5) is 0 Å². The van der Waals surface area contributed by atoms with Crippen LogP contribution in [0, 0.1) is 5.92 Å². The van der Waals surface area contributed by atoms with Crippen LogP contribution in [0.5, 0.6) is 0 Å². The van der Waals surface area contributed by atoms with E-state index in [0.29, 0.717) is 17.0 Å².